The third-order valence-corrected chi connectivity index (χ3v) is 5.32. The fourth-order valence-electron chi connectivity index (χ4n) is 2.75. The number of aromatic amines is 1. The highest BCUT2D eigenvalue weighted by molar-refractivity contribution is 8.45. The molecule has 1 aliphatic carbocycles. The molecule has 1 amide bonds. The van der Waals surface area contributed by atoms with Gasteiger partial charge in [0.2, 0.25) is 0 Å². The van der Waals surface area contributed by atoms with E-state index < -0.39 is 32.6 Å². The lowest BCUT2D eigenvalue weighted by atomic mass is 10.0. The smallest absolute Gasteiger partial charge is 0.310 e. The van der Waals surface area contributed by atoms with Crippen LogP contribution in [0.15, 0.2) is 40.0 Å². The predicted molar refractivity (Wildman–Crippen MR) is 90.4 cm³/mol. The van der Waals surface area contributed by atoms with Crippen molar-refractivity contribution in [3.8, 4) is 0 Å². The number of rotatable bonds is 5. The van der Waals surface area contributed by atoms with Crippen molar-refractivity contribution >= 4 is 16.1 Å². The maximum Gasteiger partial charge on any atom is 0.310 e. The Morgan fingerprint density at radius 2 is 1.78 bits per heavy atom. The second kappa shape index (κ2) is 5.54. The Morgan fingerprint density at radius 1 is 1.19 bits per heavy atom. The summed E-state index contributed by atoms with van der Waals surface area (Å²) in [5.74, 6) is -0.461. The zero-order valence-corrected chi connectivity index (χ0v) is 14.8. The van der Waals surface area contributed by atoms with E-state index in [-0.39, 0.29) is 23.0 Å². The van der Waals surface area contributed by atoms with Crippen molar-refractivity contribution < 1.29 is 24.2 Å². The number of nitrogens with zero attached hydrogens (tertiary/aromatic N) is 1. The van der Waals surface area contributed by atoms with Gasteiger partial charge in [-0.3, -0.25) is 9.59 Å². The van der Waals surface area contributed by atoms with E-state index >= 15 is 0 Å². The van der Waals surface area contributed by atoms with Gasteiger partial charge in [-0.1, -0.05) is 31.6 Å². The van der Waals surface area contributed by atoms with Gasteiger partial charge >= 0.3 is 10.2 Å². The molecule has 1 atom stereocenters. The topological polar surface area (TPSA) is 74.8 Å². The van der Waals surface area contributed by atoms with Crippen molar-refractivity contribution in [2.75, 3.05) is 0 Å². The minimum atomic E-state index is -9.75. The summed E-state index contributed by atoms with van der Waals surface area (Å²) in [6.07, 6.45) is 1.46. The zero-order valence-electron chi connectivity index (χ0n) is 14.0. The molecule has 1 aromatic carbocycles. The Hall–Kier alpha value is -2.43. The highest BCUT2D eigenvalue weighted by Crippen LogP contribution is 3.02. The van der Waals surface area contributed by atoms with E-state index in [0.29, 0.717) is 12.1 Å². The average molecular weight is 409 g/mol. The van der Waals surface area contributed by atoms with Crippen LogP contribution in [0, 0.1) is 12.8 Å². The number of amides is 1. The molecule has 2 N–H and O–H groups in total. The molecule has 0 bridgehead atoms. The molecule has 0 saturated heterocycles. The number of carbonyl (C=O) groups is 1. The van der Waals surface area contributed by atoms with Gasteiger partial charge in [-0.25, -0.2) is 4.98 Å². The highest BCUT2D eigenvalue weighted by atomic mass is 32.5. The van der Waals surface area contributed by atoms with E-state index in [1.54, 1.807) is 0 Å². The second-order valence-electron chi connectivity index (χ2n) is 6.54. The molecule has 0 unspecified atom stereocenters. The number of hydrogen-bond donors (Lipinski definition) is 2. The fourth-order valence-corrected chi connectivity index (χ4v) is 3.40. The van der Waals surface area contributed by atoms with Gasteiger partial charge in [0.05, 0.1) is 6.04 Å². The van der Waals surface area contributed by atoms with E-state index in [9.17, 15) is 29.0 Å². The lowest BCUT2D eigenvalue weighted by Gasteiger charge is -2.40. The van der Waals surface area contributed by atoms with Gasteiger partial charge in [-0.15, -0.1) is 0 Å². The van der Waals surface area contributed by atoms with Gasteiger partial charge in [-0.2, -0.15) is 0 Å². The van der Waals surface area contributed by atoms with Crippen LogP contribution in [0.5, 0.6) is 0 Å². The molecule has 11 heteroatoms. The first-order valence-corrected chi connectivity index (χ1v) is 9.91. The molecular weight excluding hydrogens is 393 g/mol. The number of nitrogens with one attached hydrogen (secondary N) is 2. The molecule has 3 rings (SSSR count). The van der Waals surface area contributed by atoms with Gasteiger partial charge in [0, 0.05) is 6.07 Å². The molecule has 1 aromatic heterocycles. The lowest BCUT2D eigenvalue weighted by molar-refractivity contribution is 0.0926. The van der Waals surface area contributed by atoms with E-state index in [1.165, 1.54) is 6.92 Å². The Kier molecular flexibility index (Phi) is 3.96. The molecule has 1 fully saturated rings. The van der Waals surface area contributed by atoms with Crippen molar-refractivity contribution in [3.63, 3.8) is 0 Å². The summed E-state index contributed by atoms with van der Waals surface area (Å²) in [7, 11) is -9.75. The van der Waals surface area contributed by atoms with E-state index in [4.69, 9.17) is 0 Å². The quantitative estimate of drug-likeness (QED) is 0.708. The maximum atomic E-state index is 12.8. The molecule has 0 spiro atoms. The summed E-state index contributed by atoms with van der Waals surface area (Å²) in [6, 6.07) is 2.87. The Labute approximate surface area is 150 Å². The van der Waals surface area contributed by atoms with Crippen molar-refractivity contribution in [1.82, 2.24) is 15.3 Å². The average Bonchev–Trinajstić information content (AvgIpc) is 3.34. The Balaban J connectivity index is 1.87. The third kappa shape index (κ3) is 4.65. The Bertz CT molecular complexity index is 953. The minimum Gasteiger partial charge on any atom is -0.344 e. The number of hydrogen-bond acceptors (Lipinski definition) is 3. The van der Waals surface area contributed by atoms with Crippen LogP contribution < -0.4 is 10.9 Å². The van der Waals surface area contributed by atoms with Crippen molar-refractivity contribution in [1.29, 1.82) is 0 Å². The van der Waals surface area contributed by atoms with Gasteiger partial charge in [0.15, 0.2) is 0 Å². The summed E-state index contributed by atoms with van der Waals surface area (Å²) in [5.41, 5.74) is -0.376. The van der Waals surface area contributed by atoms with Crippen molar-refractivity contribution in [2.24, 2.45) is 5.92 Å². The first-order chi connectivity index (χ1) is 12.2. The molecule has 0 radical (unpaired) electrons. The normalized spacial score (nSPS) is 18.3. The van der Waals surface area contributed by atoms with Gasteiger partial charge in [0.25, 0.3) is 11.5 Å². The highest BCUT2D eigenvalue weighted by Gasteiger charge is 2.65. The summed E-state index contributed by atoms with van der Waals surface area (Å²) in [6.45, 7) is 1.50. The molecule has 1 heterocycles. The van der Waals surface area contributed by atoms with Crippen LogP contribution in [0.1, 0.15) is 40.8 Å². The Morgan fingerprint density at radius 3 is 2.26 bits per heavy atom. The molecule has 0 aliphatic heterocycles. The van der Waals surface area contributed by atoms with E-state index in [0.717, 1.165) is 31.0 Å². The number of halogens is 5. The van der Waals surface area contributed by atoms with Gasteiger partial charge in [-0.05, 0) is 43.4 Å². The molecular formula is C16H16F5N3O2S. The van der Waals surface area contributed by atoms with Crippen molar-refractivity contribution in [2.45, 2.75) is 30.7 Å². The van der Waals surface area contributed by atoms with Crippen LogP contribution >= 0.6 is 10.2 Å². The summed E-state index contributed by atoms with van der Waals surface area (Å²) < 4.78 is 64.2. The molecule has 1 aliphatic rings. The number of carbonyl (C=O) groups excluding carboxylic acids is 1. The largest absolute Gasteiger partial charge is 0.344 e. The molecule has 27 heavy (non-hydrogen) atoms. The number of benzene rings is 1. The van der Waals surface area contributed by atoms with E-state index in [2.05, 4.69) is 15.3 Å². The summed E-state index contributed by atoms with van der Waals surface area (Å²) in [4.78, 5) is 28.2. The van der Waals surface area contributed by atoms with E-state index in [1.807, 2.05) is 0 Å². The van der Waals surface area contributed by atoms with Crippen LogP contribution in [0.4, 0.5) is 19.4 Å². The van der Waals surface area contributed by atoms with Crippen LogP contribution in [0.25, 0.3) is 0 Å². The van der Waals surface area contributed by atoms with Crippen LogP contribution in [0.2, 0.25) is 0 Å². The number of H-pyrrole nitrogens is 1. The molecule has 5 nitrogen and oxygen atoms in total. The SMILES string of the molecule is Cc1nc(C(=O)N[C@@H](c2ccc(S(F)(F)(F)(F)F)cc2)C2CC2)cc(=O)[nH]1. The summed E-state index contributed by atoms with van der Waals surface area (Å²) in [5, 5.41) is 2.63. The van der Waals surface area contributed by atoms with Crippen LogP contribution in [0.3, 0.4) is 0 Å². The predicted octanol–water partition coefficient (Wildman–Crippen LogP) is 4.62. The first kappa shape index (κ1) is 19.3. The van der Waals surface area contributed by atoms with Crippen molar-refractivity contribution in [3.05, 3.63) is 57.8 Å². The molecule has 1 saturated carbocycles. The zero-order chi connectivity index (χ0) is 20.1. The second-order valence-corrected chi connectivity index (χ2v) is 8.95. The lowest BCUT2D eigenvalue weighted by Crippen LogP contribution is -2.31. The third-order valence-electron chi connectivity index (χ3n) is 4.16. The van der Waals surface area contributed by atoms with Crippen LogP contribution in [-0.2, 0) is 0 Å². The standard InChI is InChI=1S/C16H16F5N3O2S/c1-9-22-13(8-14(25)23-9)16(26)24-15(10-2-3-10)11-4-6-12(7-5-11)27(17,18,19,20)21/h4-8,10,15H,2-3H2,1H3,(H,24,26)(H,22,23,25)/t15-/m1/s1. The van der Waals surface area contributed by atoms with Gasteiger partial charge in [0.1, 0.15) is 16.4 Å². The monoisotopic (exact) mass is 409 g/mol. The summed E-state index contributed by atoms with van der Waals surface area (Å²) >= 11 is 0. The molecule has 2 aromatic rings. The molecule has 148 valence electrons. The maximum absolute atomic E-state index is 12.8. The number of aryl methyl sites for hydroxylation is 1. The van der Waals surface area contributed by atoms with Crippen LogP contribution in [-0.4, -0.2) is 15.9 Å². The van der Waals surface area contributed by atoms with Gasteiger partial charge < -0.3 is 10.3 Å². The minimum absolute atomic E-state index is 0.0251. The number of aromatic nitrogens is 2. The first-order valence-electron chi connectivity index (χ1n) is 7.96. The fraction of sp³-hybridized carbons (Fsp3) is 0.312.